The van der Waals surface area contributed by atoms with Gasteiger partial charge in [-0.15, -0.1) is 0 Å². The number of methoxy groups -OCH3 is 1. The van der Waals surface area contributed by atoms with Crippen LogP contribution in [0.3, 0.4) is 0 Å². The number of carbonyl (C=O) groups excluding carboxylic acids is 1. The predicted molar refractivity (Wildman–Crippen MR) is 102 cm³/mol. The predicted octanol–water partition coefficient (Wildman–Crippen LogP) is 2.78. The van der Waals surface area contributed by atoms with Crippen molar-refractivity contribution < 1.29 is 9.53 Å². The molecule has 3 rings (SSSR count). The number of carbonyl (C=O) groups is 1. The Kier molecular flexibility index (Phi) is 4.95. The van der Waals surface area contributed by atoms with E-state index in [4.69, 9.17) is 10.5 Å². The Hall–Kier alpha value is -2.53. The molecule has 2 aromatic rings. The fourth-order valence-corrected chi connectivity index (χ4v) is 3.25. The minimum Gasteiger partial charge on any atom is -0.465 e. The van der Waals surface area contributed by atoms with Gasteiger partial charge in [0.2, 0.25) is 0 Å². The Morgan fingerprint density at radius 1 is 1.08 bits per heavy atom. The lowest BCUT2D eigenvalue weighted by atomic mass is 9.97. The minimum atomic E-state index is -0.326. The second kappa shape index (κ2) is 7.15. The van der Waals surface area contributed by atoms with Crippen LogP contribution in [0.5, 0.6) is 0 Å². The smallest absolute Gasteiger partial charge is 0.337 e. The highest BCUT2D eigenvalue weighted by Gasteiger charge is 2.18. The average Bonchev–Trinajstić information content (AvgIpc) is 2.63. The van der Waals surface area contributed by atoms with E-state index in [1.54, 1.807) is 12.1 Å². The van der Waals surface area contributed by atoms with E-state index in [0.717, 1.165) is 48.7 Å². The molecule has 1 saturated heterocycles. The van der Waals surface area contributed by atoms with Crippen molar-refractivity contribution in [3.63, 3.8) is 0 Å². The largest absolute Gasteiger partial charge is 0.465 e. The van der Waals surface area contributed by atoms with Crippen molar-refractivity contribution in [2.75, 3.05) is 51.0 Å². The summed E-state index contributed by atoms with van der Waals surface area (Å²) in [4.78, 5) is 16.3. The third-order valence-corrected chi connectivity index (χ3v) is 4.83. The third-order valence-electron chi connectivity index (χ3n) is 4.83. The van der Waals surface area contributed by atoms with Gasteiger partial charge in [0, 0.05) is 26.2 Å². The molecular weight excluding hydrogens is 314 g/mol. The zero-order chi connectivity index (χ0) is 18.0. The van der Waals surface area contributed by atoms with Gasteiger partial charge in [0.05, 0.1) is 24.0 Å². The highest BCUT2D eigenvalue weighted by atomic mass is 16.5. The van der Waals surface area contributed by atoms with Crippen LogP contribution in [-0.4, -0.2) is 51.2 Å². The Balaban J connectivity index is 1.88. The Morgan fingerprint density at radius 2 is 1.72 bits per heavy atom. The fraction of sp³-hybridized carbons (Fsp3) is 0.350. The average molecular weight is 339 g/mol. The molecule has 25 heavy (non-hydrogen) atoms. The first-order valence-electron chi connectivity index (χ1n) is 8.52. The second-order valence-corrected chi connectivity index (χ2v) is 6.59. The molecule has 0 radical (unpaired) electrons. The number of hydrogen-bond donors (Lipinski definition) is 1. The van der Waals surface area contributed by atoms with Crippen LogP contribution >= 0.6 is 0 Å². The van der Waals surface area contributed by atoms with Crippen molar-refractivity contribution in [1.29, 1.82) is 0 Å². The van der Waals surface area contributed by atoms with Gasteiger partial charge in [-0.3, -0.25) is 0 Å². The van der Waals surface area contributed by atoms with Crippen LogP contribution in [0.15, 0.2) is 36.4 Å². The van der Waals surface area contributed by atoms with Gasteiger partial charge in [-0.2, -0.15) is 0 Å². The molecule has 0 atom stereocenters. The maximum Gasteiger partial charge on any atom is 0.337 e. The summed E-state index contributed by atoms with van der Waals surface area (Å²) < 4.78 is 4.75. The van der Waals surface area contributed by atoms with Gasteiger partial charge in [-0.05, 0) is 54.9 Å². The zero-order valence-electron chi connectivity index (χ0n) is 15.1. The number of piperazine rings is 1. The fourth-order valence-electron chi connectivity index (χ4n) is 3.25. The van der Waals surface area contributed by atoms with E-state index in [9.17, 15) is 4.79 Å². The molecule has 0 spiro atoms. The summed E-state index contributed by atoms with van der Waals surface area (Å²) in [6.07, 6.45) is 0. The number of esters is 1. The summed E-state index contributed by atoms with van der Waals surface area (Å²) >= 11 is 0. The molecule has 5 nitrogen and oxygen atoms in total. The van der Waals surface area contributed by atoms with Crippen LogP contribution in [0.4, 0.5) is 11.4 Å². The summed E-state index contributed by atoms with van der Waals surface area (Å²) in [6.45, 7) is 6.19. The summed E-state index contributed by atoms with van der Waals surface area (Å²) in [7, 11) is 3.53. The summed E-state index contributed by atoms with van der Waals surface area (Å²) in [5.41, 5.74) is 12.1. The molecule has 0 saturated carbocycles. The molecule has 2 aromatic carbocycles. The van der Waals surface area contributed by atoms with E-state index in [0.29, 0.717) is 5.56 Å². The Bertz CT molecular complexity index is 763. The van der Waals surface area contributed by atoms with Gasteiger partial charge in [0.1, 0.15) is 0 Å². The molecule has 1 fully saturated rings. The zero-order valence-corrected chi connectivity index (χ0v) is 15.1. The number of benzene rings is 2. The molecular formula is C20H25N3O2. The molecule has 0 aliphatic carbocycles. The number of nitrogens with zero attached hydrogens (tertiary/aromatic N) is 2. The first-order valence-corrected chi connectivity index (χ1v) is 8.52. The monoisotopic (exact) mass is 339 g/mol. The highest BCUT2D eigenvalue weighted by molar-refractivity contribution is 5.90. The van der Waals surface area contributed by atoms with Crippen molar-refractivity contribution in [3.8, 4) is 11.1 Å². The molecule has 0 amide bonds. The Labute approximate surface area is 149 Å². The maximum absolute atomic E-state index is 11.6. The minimum absolute atomic E-state index is 0.326. The second-order valence-electron chi connectivity index (χ2n) is 6.59. The van der Waals surface area contributed by atoms with E-state index >= 15 is 0 Å². The van der Waals surface area contributed by atoms with Crippen molar-refractivity contribution >= 4 is 17.3 Å². The van der Waals surface area contributed by atoms with Crippen LogP contribution < -0.4 is 10.6 Å². The number of hydrogen-bond acceptors (Lipinski definition) is 5. The van der Waals surface area contributed by atoms with Gasteiger partial charge in [0.15, 0.2) is 0 Å². The quantitative estimate of drug-likeness (QED) is 0.688. The first-order chi connectivity index (χ1) is 12.0. The number of ether oxygens (including phenoxy) is 1. The number of rotatable bonds is 3. The van der Waals surface area contributed by atoms with Crippen molar-refractivity contribution in [3.05, 3.63) is 47.5 Å². The molecule has 1 heterocycles. The third kappa shape index (κ3) is 3.61. The van der Waals surface area contributed by atoms with Crippen molar-refractivity contribution in [2.45, 2.75) is 6.92 Å². The summed E-state index contributed by atoms with van der Waals surface area (Å²) in [5.74, 6) is -0.326. The van der Waals surface area contributed by atoms with Gasteiger partial charge >= 0.3 is 5.97 Å². The van der Waals surface area contributed by atoms with E-state index in [-0.39, 0.29) is 5.97 Å². The van der Waals surface area contributed by atoms with Gasteiger partial charge in [-0.1, -0.05) is 12.1 Å². The van der Waals surface area contributed by atoms with Crippen molar-refractivity contribution in [1.82, 2.24) is 4.90 Å². The number of nitrogen functional groups attached to an aromatic ring is 1. The summed E-state index contributed by atoms with van der Waals surface area (Å²) in [6, 6.07) is 11.6. The van der Waals surface area contributed by atoms with Crippen LogP contribution in [0, 0.1) is 6.92 Å². The molecule has 2 N–H and O–H groups in total. The number of likely N-dealkylation sites (N-methyl/N-ethyl adjacent to an activating group) is 1. The molecule has 1 aliphatic heterocycles. The number of nitrogens with two attached hydrogens (primary N) is 1. The lowest BCUT2D eigenvalue weighted by Gasteiger charge is -2.35. The Morgan fingerprint density at radius 3 is 2.32 bits per heavy atom. The molecule has 132 valence electrons. The molecule has 0 bridgehead atoms. The van der Waals surface area contributed by atoms with Crippen LogP contribution in [0.2, 0.25) is 0 Å². The van der Waals surface area contributed by atoms with E-state index in [2.05, 4.69) is 29.8 Å². The van der Waals surface area contributed by atoms with Crippen LogP contribution in [0.25, 0.3) is 11.1 Å². The highest BCUT2D eigenvalue weighted by Crippen LogP contribution is 2.33. The summed E-state index contributed by atoms with van der Waals surface area (Å²) in [5, 5.41) is 0. The van der Waals surface area contributed by atoms with E-state index in [1.807, 2.05) is 18.2 Å². The van der Waals surface area contributed by atoms with E-state index in [1.165, 1.54) is 12.7 Å². The lowest BCUT2D eigenvalue weighted by molar-refractivity contribution is 0.0601. The SMILES string of the molecule is COC(=O)c1ccc(-c2cc(N)c(N3CCN(C)CC3)cc2C)cc1. The van der Waals surface area contributed by atoms with Crippen molar-refractivity contribution in [2.24, 2.45) is 0 Å². The van der Waals surface area contributed by atoms with Gasteiger partial charge in [-0.25, -0.2) is 4.79 Å². The number of aryl methyl sites for hydroxylation is 1. The van der Waals surface area contributed by atoms with Crippen LogP contribution in [-0.2, 0) is 4.74 Å². The normalized spacial score (nSPS) is 15.2. The molecule has 0 unspecified atom stereocenters. The topological polar surface area (TPSA) is 58.8 Å². The molecule has 1 aliphatic rings. The lowest BCUT2D eigenvalue weighted by Crippen LogP contribution is -2.44. The van der Waals surface area contributed by atoms with E-state index < -0.39 is 0 Å². The standard InChI is InChI=1S/C20H25N3O2/c1-14-12-19(23-10-8-22(2)9-11-23)18(21)13-17(14)15-4-6-16(7-5-15)20(24)25-3/h4-7,12-13H,8-11,21H2,1-3H3. The van der Waals surface area contributed by atoms with Gasteiger partial charge in [0.25, 0.3) is 0 Å². The molecule has 0 aromatic heterocycles. The first kappa shape index (κ1) is 17.3. The van der Waals surface area contributed by atoms with Gasteiger partial charge < -0.3 is 20.3 Å². The molecule has 5 heteroatoms. The maximum atomic E-state index is 11.6. The van der Waals surface area contributed by atoms with Crippen LogP contribution in [0.1, 0.15) is 15.9 Å². The number of anilines is 2.